The second-order valence-electron chi connectivity index (χ2n) is 8.69. The third kappa shape index (κ3) is 4.73. The Morgan fingerprint density at radius 2 is 1.84 bits per heavy atom. The minimum absolute atomic E-state index is 0.105. The van der Waals surface area contributed by atoms with Crippen molar-refractivity contribution in [3.05, 3.63) is 101 Å². The van der Waals surface area contributed by atoms with E-state index in [1.54, 1.807) is 13.1 Å². The Morgan fingerprint density at radius 1 is 1.08 bits per heavy atom. The van der Waals surface area contributed by atoms with Crippen LogP contribution >= 0.6 is 0 Å². The highest BCUT2D eigenvalue weighted by Crippen LogP contribution is 2.40. The third-order valence-electron chi connectivity index (χ3n) is 6.31. The van der Waals surface area contributed by atoms with Crippen molar-refractivity contribution in [3.8, 4) is 29.0 Å². The number of benzene rings is 3. The lowest BCUT2D eigenvalue weighted by molar-refractivity contribution is 0.0778. The molecule has 0 aliphatic carbocycles. The first-order valence-electron chi connectivity index (χ1n) is 11.9. The zero-order valence-electron chi connectivity index (χ0n) is 20.6. The fourth-order valence-corrected chi connectivity index (χ4v) is 4.51. The maximum atomic E-state index is 9.08. The molecule has 0 saturated heterocycles. The van der Waals surface area contributed by atoms with Crippen molar-refractivity contribution in [1.29, 1.82) is 5.26 Å². The molecule has 4 aromatic rings. The Labute approximate surface area is 215 Å². The van der Waals surface area contributed by atoms with Crippen LogP contribution in [0.2, 0.25) is 0 Å². The second kappa shape index (κ2) is 10.1. The van der Waals surface area contributed by atoms with Gasteiger partial charge in [-0.15, -0.1) is 0 Å². The lowest BCUT2D eigenvalue weighted by Crippen LogP contribution is -2.20. The van der Waals surface area contributed by atoms with E-state index in [2.05, 4.69) is 11.1 Å². The molecule has 8 heteroatoms. The summed E-state index contributed by atoms with van der Waals surface area (Å²) in [7, 11) is 1.65. The van der Waals surface area contributed by atoms with Crippen LogP contribution in [0, 0.1) is 11.3 Å². The molecule has 8 nitrogen and oxygen atoms in total. The Hall–Kier alpha value is -4.74. The summed E-state index contributed by atoms with van der Waals surface area (Å²) in [6.45, 7) is 2.78. The quantitative estimate of drug-likeness (QED) is 0.269. The summed E-state index contributed by atoms with van der Waals surface area (Å²) in [4.78, 5) is 4.17. The second-order valence-corrected chi connectivity index (χ2v) is 8.69. The van der Waals surface area contributed by atoms with E-state index in [-0.39, 0.29) is 6.10 Å². The van der Waals surface area contributed by atoms with Gasteiger partial charge in [0.15, 0.2) is 0 Å². The molecule has 5 rings (SSSR count). The van der Waals surface area contributed by atoms with Crippen molar-refractivity contribution in [3.63, 3.8) is 0 Å². The number of amidine groups is 1. The molecule has 37 heavy (non-hydrogen) atoms. The fraction of sp³-hybridized carbons (Fsp3) is 0.172. The monoisotopic (exact) mass is 493 g/mol. The summed E-state index contributed by atoms with van der Waals surface area (Å²) in [6, 6.07) is 24.6. The number of fused-ring (bicyclic) bond motifs is 1. The van der Waals surface area contributed by atoms with Crippen molar-refractivity contribution in [1.82, 2.24) is 4.57 Å². The molecule has 0 bridgehead atoms. The standard InChI is InChI=1S/C29H27N5O3/c1-18-26-25(17-35-18)34(28(27(26)31)29(32)33-2)21-9-11-22(12-10-21)37-24-8-4-7-23(14-24)36-16-20-6-3-5-19(13-20)15-30/h3-14,18H,16-17,31H2,1-2H3,(H2,32,33). The molecule has 0 amide bonds. The van der Waals surface area contributed by atoms with Gasteiger partial charge in [-0.05, 0) is 61.0 Å². The van der Waals surface area contributed by atoms with Gasteiger partial charge in [-0.25, -0.2) is 0 Å². The van der Waals surface area contributed by atoms with Gasteiger partial charge in [0.25, 0.3) is 0 Å². The molecule has 0 fully saturated rings. The number of hydrogen-bond acceptors (Lipinski definition) is 6. The minimum Gasteiger partial charge on any atom is -0.489 e. The maximum Gasteiger partial charge on any atom is 0.144 e. The van der Waals surface area contributed by atoms with Crippen LogP contribution in [0.1, 0.15) is 41.1 Å². The number of aromatic nitrogens is 1. The van der Waals surface area contributed by atoms with E-state index in [9.17, 15) is 0 Å². The smallest absolute Gasteiger partial charge is 0.144 e. The Bertz CT molecular complexity index is 1520. The van der Waals surface area contributed by atoms with Crippen LogP contribution in [0.25, 0.3) is 5.69 Å². The Morgan fingerprint density at radius 3 is 2.59 bits per heavy atom. The third-order valence-corrected chi connectivity index (χ3v) is 6.31. The molecule has 2 heterocycles. The first-order valence-corrected chi connectivity index (χ1v) is 11.9. The summed E-state index contributed by atoms with van der Waals surface area (Å²) < 4.78 is 19.8. The number of nitrogen functional groups attached to an aromatic ring is 1. The molecule has 1 aliphatic rings. The molecular weight excluding hydrogens is 466 g/mol. The average Bonchev–Trinajstić information content (AvgIpc) is 3.45. The molecular formula is C29H27N5O3. The molecule has 1 atom stereocenters. The van der Waals surface area contributed by atoms with E-state index in [1.807, 2.05) is 78.2 Å². The van der Waals surface area contributed by atoms with Gasteiger partial charge in [-0.2, -0.15) is 5.26 Å². The Balaban J connectivity index is 1.34. The van der Waals surface area contributed by atoms with Gasteiger partial charge in [-0.3, -0.25) is 4.99 Å². The van der Waals surface area contributed by atoms with Crippen molar-refractivity contribution >= 4 is 11.5 Å². The summed E-state index contributed by atoms with van der Waals surface area (Å²) in [6.07, 6.45) is -0.105. The normalized spacial score (nSPS) is 14.7. The Kier molecular flexibility index (Phi) is 6.54. The van der Waals surface area contributed by atoms with E-state index in [1.165, 1.54) is 0 Å². The van der Waals surface area contributed by atoms with Gasteiger partial charge in [-0.1, -0.05) is 18.2 Å². The fourth-order valence-electron chi connectivity index (χ4n) is 4.51. The van der Waals surface area contributed by atoms with Crippen LogP contribution in [0.5, 0.6) is 17.2 Å². The number of rotatable bonds is 7. The summed E-state index contributed by atoms with van der Waals surface area (Å²) in [5.74, 6) is 2.36. The van der Waals surface area contributed by atoms with Crippen LogP contribution in [-0.2, 0) is 18.0 Å². The van der Waals surface area contributed by atoms with Gasteiger partial charge in [0.05, 0.1) is 35.7 Å². The molecule has 0 radical (unpaired) electrons. The zero-order chi connectivity index (χ0) is 25.9. The number of ether oxygens (including phenoxy) is 3. The molecule has 3 aromatic carbocycles. The largest absolute Gasteiger partial charge is 0.489 e. The van der Waals surface area contributed by atoms with E-state index >= 15 is 0 Å². The van der Waals surface area contributed by atoms with Gasteiger partial charge in [0.2, 0.25) is 0 Å². The molecule has 1 unspecified atom stereocenters. The van der Waals surface area contributed by atoms with Gasteiger partial charge >= 0.3 is 0 Å². The lowest BCUT2D eigenvalue weighted by Gasteiger charge is -2.14. The number of hydrogen-bond donors (Lipinski definition) is 2. The molecule has 4 N–H and O–H groups in total. The van der Waals surface area contributed by atoms with Crippen LogP contribution in [0.15, 0.2) is 77.8 Å². The SMILES string of the molecule is CN=C(N)c1c(N)c2c(n1-c1ccc(Oc3cccc(OCc4cccc(C#N)c4)c3)cc1)COC2C. The number of nitriles is 1. The molecule has 1 aromatic heterocycles. The van der Waals surface area contributed by atoms with E-state index < -0.39 is 0 Å². The highest BCUT2D eigenvalue weighted by molar-refractivity contribution is 6.02. The van der Waals surface area contributed by atoms with Gasteiger partial charge in [0.1, 0.15) is 35.4 Å². The van der Waals surface area contributed by atoms with Crippen LogP contribution in [0.4, 0.5) is 5.69 Å². The van der Waals surface area contributed by atoms with Crippen LogP contribution in [-0.4, -0.2) is 17.5 Å². The molecule has 0 spiro atoms. The summed E-state index contributed by atoms with van der Waals surface area (Å²) in [5, 5.41) is 9.08. The van der Waals surface area contributed by atoms with Crippen molar-refractivity contribution < 1.29 is 14.2 Å². The highest BCUT2D eigenvalue weighted by Gasteiger charge is 2.32. The number of nitrogens with two attached hydrogens (primary N) is 2. The predicted octanol–water partition coefficient (Wildman–Crippen LogP) is 5.23. The maximum absolute atomic E-state index is 9.08. The summed E-state index contributed by atoms with van der Waals surface area (Å²) >= 11 is 0. The molecule has 1 aliphatic heterocycles. The number of anilines is 1. The van der Waals surface area contributed by atoms with E-state index in [0.29, 0.717) is 53.2 Å². The van der Waals surface area contributed by atoms with Crippen LogP contribution in [0.3, 0.4) is 0 Å². The zero-order valence-corrected chi connectivity index (χ0v) is 20.6. The molecule has 186 valence electrons. The minimum atomic E-state index is -0.105. The number of aliphatic imine (C=N–C) groups is 1. The average molecular weight is 494 g/mol. The van der Waals surface area contributed by atoms with Crippen molar-refractivity contribution in [2.24, 2.45) is 10.7 Å². The first-order chi connectivity index (χ1) is 18.0. The summed E-state index contributed by atoms with van der Waals surface area (Å²) in [5.41, 5.74) is 18.3. The lowest BCUT2D eigenvalue weighted by atomic mass is 10.1. The van der Waals surface area contributed by atoms with Gasteiger partial charge < -0.3 is 30.2 Å². The van der Waals surface area contributed by atoms with Crippen molar-refractivity contribution in [2.45, 2.75) is 26.2 Å². The van der Waals surface area contributed by atoms with Gasteiger partial charge in [0, 0.05) is 24.4 Å². The van der Waals surface area contributed by atoms with Crippen LogP contribution < -0.4 is 20.9 Å². The molecule has 0 saturated carbocycles. The highest BCUT2D eigenvalue weighted by atomic mass is 16.5. The topological polar surface area (TPSA) is 121 Å². The first kappa shape index (κ1) is 24.0. The predicted molar refractivity (Wildman–Crippen MR) is 142 cm³/mol. The van der Waals surface area contributed by atoms with Crippen molar-refractivity contribution in [2.75, 3.05) is 12.8 Å². The van der Waals surface area contributed by atoms with E-state index in [4.69, 9.17) is 30.9 Å². The van der Waals surface area contributed by atoms with E-state index in [0.717, 1.165) is 22.5 Å². The number of nitrogens with zero attached hydrogens (tertiary/aromatic N) is 3.